The van der Waals surface area contributed by atoms with Crippen LogP contribution in [-0.4, -0.2) is 110 Å². The van der Waals surface area contributed by atoms with Crippen LogP contribution in [-0.2, 0) is 27.2 Å². The predicted octanol–water partition coefficient (Wildman–Crippen LogP) is 2.20. The molecule has 5 N–H and O–H groups in total. The summed E-state index contributed by atoms with van der Waals surface area (Å²) in [5.74, 6) is -2.88. The third kappa shape index (κ3) is 6.37. The number of aliphatic carboxylic acids is 1. The van der Waals surface area contributed by atoms with Gasteiger partial charge in [0, 0.05) is 39.0 Å². The highest BCUT2D eigenvalue weighted by Crippen LogP contribution is 2.40. The molecule has 1 aliphatic carbocycles. The van der Waals surface area contributed by atoms with Crippen molar-refractivity contribution in [1.29, 1.82) is 0 Å². The number of aliphatic hydroxyl groups is 1. The van der Waals surface area contributed by atoms with E-state index in [1.54, 1.807) is 0 Å². The second kappa shape index (κ2) is 12.6. The number of carbonyl (C=O) groups excluding carboxylic acids is 2. The first kappa shape index (κ1) is 33.8. The Balaban J connectivity index is 0.000000510. The number of carboxylic acid groups (broad SMARTS) is 1. The number of likely N-dealkylation sites (tertiary alicyclic amines) is 1. The molecule has 3 fully saturated rings. The third-order valence-electron chi connectivity index (χ3n) is 9.56. The highest BCUT2D eigenvalue weighted by Gasteiger charge is 2.48. The van der Waals surface area contributed by atoms with E-state index < -0.39 is 41.6 Å². The lowest BCUT2D eigenvalue weighted by Crippen LogP contribution is -2.48. The summed E-state index contributed by atoms with van der Waals surface area (Å²) in [6.07, 6.45) is -2.16. The number of carboxylic acids is 1. The zero-order chi connectivity index (χ0) is 35.5. The monoisotopic (exact) mass is 710 g/mol. The summed E-state index contributed by atoms with van der Waals surface area (Å²) in [6, 6.07) is -0.263. The normalized spacial score (nSPS) is 23.3. The maximum Gasteiger partial charge on any atom is 0.490 e. The van der Waals surface area contributed by atoms with E-state index in [-0.39, 0.29) is 53.0 Å². The van der Waals surface area contributed by atoms with Crippen LogP contribution in [0.25, 0.3) is 11.0 Å². The molecule has 3 atom stereocenters. The van der Waals surface area contributed by atoms with Gasteiger partial charge in [-0.25, -0.2) is 33.3 Å². The molecule has 3 saturated heterocycles. The maximum absolute atomic E-state index is 15.6. The van der Waals surface area contributed by atoms with Crippen LogP contribution in [0.3, 0.4) is 0 Å². The van der Waals surface area contributed by atoms with Crippen LogP contribution in [0.2, 0.25) is 0 Å². The summed E-state index contributed by atoms with van der Waals surface area (Å²) in [4.78, 5) is 52.9. The molecule has 268 valence electrons. The van der Waals surface area contributed by atoms with Crippen LogP contribution < -0.4 is 20.3 Å². The Kier molecular flexibility index (Phi) is 8.50. The fraction of sp³-hybridized carbons (Fsp3) is 0.533. The Morgan fingerprint density at radius 2 is 1.80 bits per heavy atom. The molecule has 4 aliphatic heterocycles. The Labute approximate surface area is 279 Å². The van der Waals surface area contributed by atoms with Crippen LogP contribution >= 0.6 is 0 Å². The number of rotatable bonds is 4. The molecule has 2 amide bonds. The topological polar surface area (TPSA) is 195 Å². The molecule has 20 heteroatoms. The molecule has 1 aromatic carbocycles. The number of nitrogens with zero attached hydrogens (tertiary/aromatic N) is 5. The number of H-pyrrole nitrogens is 1. The molecular weight excluding hydrogens is 679 g/mol. The van der Waals surface area contributed by atoms with Crippen molar-refractivity contribution in [1.82, 2.24) is 30.2 Å². The van der Waals surface area contributed by atoms with E-state index in [4.69, 9.17) is 19.4 Å². The molecule has 6 heterocycles. The number of halogens is 5. The minimum absolute atomic E-state index is 0.0149. The summed E-state index contributed by atoms with van der Waals surface area (Å²) in [5.41, 5.74) is 0.233. The molecule has 0 radical (unpaired) electrons. The van der Waals surface area contributed by atoms with Gasteiger partial charge in [0.2, 0.25) is 0 Å². The predicted molar refractivity (Wildman–Crippen MR) is 160 cm³/mol. The van der Waals surface area contributed by atoms with Crippen molar-refractivity contribution in [2.45, 2.75) is 56.0 Å². The van der Waals surface area contributed by atoms with Crippen LogP contribution in [0.15, 0.2) is 6.20 Å². The van der Waals surface area contributed by atoms with Crippen LogP contribution in [0.5, 0.6) is 5.88 Å². The number of ether oxygens (including phenoxy) is 2. The summed E-state index contributed by atoms with van der Waals surface area (Å²) in [7, 11) is 0. The number of aromatic nitrogens is 4. The van der Waals surface area contributed by atoms with Gasteiger partial charge in [0.05, 0.1) is 24.9 Å². The number of imidazole rings is 1. The summed E-state index contributed by atoms with van der Waals surface area (Å²) in [5, 5.41) is 22.7. The molecule has 0 bridgehead atoms. The number of aromatic amines is 1. The summed E-state index contributed by atoms with van der Waals surface area (Å²) in [6.45, 7) is 2.61. The fourth-order valence-electron chi connectivity index (χ4n) is 7.12. The van der Waals surface area contributed by atoms with E-state index in [0.29, 0.717) is 81.8 Å². The minimum atomic E-state index is -5.08. The van der Waals surface area contributed by atoms with Crippen LogP contribution in [0.1, 0.15) is 42.3 Å². The van der Waals surface area contributed by atoms with Gasteiger partial charge in [-0.2, -0.15) is 13.2 Å². The lowest BCUT2D eigenvalue weighted by molar-refractivity contribution is -0.192. The second-order valence-electron chi connectivity index (χ2n) is 13.0. The number of nitrogens with one attached hydrogen (secondary N) is 3. The van der Waals surface area contributed by atoms with Gasteiger partial charge in [-0.15, -0.1) is 0 Å². The van der Waals surface area contributed by atoms with E-state index in [1.807, 2.05) is 0 Å². The molecule has 1 spiro atoms. The van der Waals surface area contributed by atoms with Gasteiger partial charge in [0.15, 0.2) is 29.9 Å². The number of fused-ring (bicyclic) bond motifs is 3. The smallest absolute Gasteiger partial charge is 0.475 e. The number of benzene rings is 1. The summed E-state index contributed by atoms with van der Waals surface area (Å²) < 4.78 is 74.0. The number of hydrogen-bond donors (Lipinski definition) is 5. The fourth-order valence-corrected chi connectivity index (χ4v) is 7.12. The van der Waals surface area contributed by atoms with Gasteiger partial charge in [-0.3, -0.25) is 9.69 Å². The first-order valence-electron chi connectivity index (χ1n) is 15.8. The van der Waals surface area contributed by atoms with Crippen molar-refractivity contribution < 1.29 is 56.0 Å². The van der Waals surface area contributed by atoms with Crippen molar-refractivity contribution in [3.63, 3.8) is 0 Å². The second-order valence-corrected chi connectivity index (χ2v) is 13.0. The highest BCUT2D eigenvalue weighted by molar-refractivity contribution is 5.95. The molecule has 0 saturated carbocycles. The van der Waals surface area contributed by atoms with Crippen molar-refractivity contribution in [2.24, 2.45) is 5.92 Å². The zero-order valence-corrected chi connectivity index (χ0v) is 26.1. The molecule has 50 heavy (non-hydrogen) atoms. The van der Waals surface area contributed by atoms with Crippen LogP contribution in [0, 0.1) is 17.6 Å². The largest absolute Gasteiger partial charge is 0.490 e. The maximum atomic E-state index is 15.6. The van der Waals surface area contributed by atoms with Gasteiger partial charge >= 0.3 is 18.2 Å². The number of piperidine rings is 1. The molecular formula is C30H31F5N8O7. The van der Waals surface area contributed by atoms with Crippen molar-refractivity contribution >= 4 is 40.6 Å². The lowest BCUT2D eigenvalue weighted by Gasteiger charge is -2.38. The molecule has 2 aromatic heterocycles. The lowest BCUT2D eigenvalue weighted by atomic mass is 9.90. The van der Waals surface area contributed by atoms with Crippen molar-refractivity contribution in [2.75, 3.05) is 49.5 Å². The number of alkyl halides is 3. The molecule has 8 rings (SSSR count). The van der Waals surface area contributed by atoms with Crippen molar-refractivity contribution in [3.05, 3.63) is 34.8 Å². The number of β-amino-alcohol motifs (C(OH)–C–C–N with tert-alkyl or cyclic N) is 1. The number of hydrogen-bond acceptors (Lipinski definition) is 11. The quantitative estimate of drug-likeness (QED) is 0.248. The van der Waals surface area contributed by atoms with E-state index >= 15 is 8.78 Å². The SMILES string of the molecule is O=C(O)C(F)(F)F.O=C1COc2ncc(N3CC4(CCN(CC5Cc6c(c(F)c7[nH]c([C@@H]8CC(O)CN8)nc7c6F)C5)CC4)OC3=O)nc2N1. The Hall–Kier alpha value is -4.69. The summed E-state index contributed by atoms with van der Waals surface area (Å²) >= 11 is 0. The van der Waals surface area contributed by atoms with E-state index in [9.17, 15) is 27.9 Å². The number of amides is 2. The van der Waals surface area contributed by atoms with Crippen molar-refractivity contribution in [3.8, 4) is 5.88 Å². The first-order valence-corrected chi connectivity index (χ1v) is 15.8. The van der Waals surface area contributed by atoms with Gasteiger partial charge in [0.1, 0.15) is 22.5 Å². The molecule has 3 aromatic rings. The molecule has 5 aliphatic rings. The molecule has 15 nitrogen and oxygen atoms in total. The third-order valence-corrected chi connectivity index (χ3v) is 9.56. The Bertz CT molecular complexity index is 1820. The van der Waals surface area contributed by atoms with E-state index in [1.165, 1.54) is 11.1 Å². The average Bonchev–Trinajstić information content (AvgIpc) is 3.86. The van der Waals surface area contributed by atoms with E-state index in [0.717, 1.165) is 0 Å². The minimum Gasteiger partial charge on any atom is -0.475 e. The number of anilines is 2. The van der Waals surface area contributed by atoms with Gasteiger partial charge in [0.25, 0.3) is 11.8 Å². The van der Waals surface area contributed by atoms with Gasteiger partial charge in [-0.1, -0.05) is 0 Å². The van der Waals surface area contributed by atoms with Gasteiger partial charge < -0.3 is 40.2 Å². The van der Waals surface area contributed by atoms with Gasteiger partial charge in [-0.05, 0) is 36.3 Å². The Morgan fingerprint density at radius 3 is 2.46 bits per heavy atom. The van der Waals surface area contributed by atoms with Crippen LogP contribution in [0.4, 0.5) is 38.4 Å². The first-order chi connectivity index (χ1) is 23.7. The standard InChI is InChI=1S/C28H30F2N8O5.C2HF3O2/c29-20-15-5-13(6-16(15)21(30)23-22(20)35-24(36-23)17-7-14(39)8-31-17)10-37-3-1-28(2-4-37)12-38(27(41)43-28)18-9-32-26-25(33-18)34-19(40)11-42-26;3-2(4,5)1(6)7/h9,13-14,17,31,39H,1-8,10-12H2,(H,35,36)(H,33,34,40);(H,6,7)/t14?,17-;/m0./s1. The van der Waals surface area contributed by atoms with E-state index in [2.05, 4.69) is 35.5 Å². The highest BCUT2D eigenvalue weighted by atomic mass is 19.4. The molecule has 2 unspecified atom stereocenters. The number of carbonyl (C=O) groups is 3. The number of aliphatic hydroxyl groups excluding tert-OH is 1. The average molecular weight is 711 g/mol. The Morgan fingerprint density at radius 1 is 1.10 bits per heavy atom. The zero-order valence-electron chi connectivity index (χ0n) is 26.1.